The van der Waals surface area contributed by atoms with Gasteiger partial charge in [0.2, 0.25) is 11.8 Å². The number of nitrogens with one attached hydrogen (secondary N) is 2. The Labute approximate surface area is 307 Å². The first kappa shape index (κ1) is 37.0. The van der Waals surface area contributed by atoms with E-state index in [0.717, 1.165) is 46.4 Å². The fraction of sp³-hybridized carbons (Fsp3) is 0.293. The highest BCUT2D eigenvalue weighted by Crippen LogP contribution is 2.41. The highest BCUT2D eigenvalue weighted by atomic mass is 32.2. The number of hydrogen-bond acceptors (Lipinski definition) is 9. The lowest BCUT2D eigenvalue weighted by Crippen LogP contribution is -2.31. The highest BCUT2D eigenvalue weighted by molar-refractivity contribution is 7.99. The number of rotatable bonds is 16. The Kier molecular flexibility index (Phi) is 13.3. The highest BCUT2D eigenvalue weighted by Gasteiger charge is 2.33. The third-order valence-electron chi connectivity index (χ3n) is 8.82. The molecule has 1 fully saturated rings. The van der Waals surface area contributed by atoms with E-state index in [0.29, 0.717) is 48.1 Å². The molecule has 10 nitrogen and oxygen atoms in total. The van der Waals surface area contributed by atoms with Crippen LogP contribution in [0, 0.1) is 0 Å². The van der Waals surface area contributed by atoms with Gasteiger partial charge in [0.1, 0.15) is 5.69 Å². The molecule has 0 bridgehead atoms. The Bertz CT molecular complexity index is 1830. The first-order chi connectivity index (χ1) is 25.5. The zero-order valence-electron chi connectivity index (χ0n) is 28.8. The molecule has 1 aliphatic heterocycles. The van der Waals surface area contributed by atoms with E-state index in [2.05, 4.69) is 5.32 Å². The molecule has 0 spiro atoms. The Balaban J connectivity index is 1.15. The minimum atomic E-state index is -0.695. The van der Waals surface area contributed by atoms with Crippen molar-refractivity contribution >= 4 is 29.3 Å². The van der Waals surface area contributed by atoms with Gasteiger partial charge in [0, 0.05) is 47.4 Å². The van der Waals surface area contributed by atoms with Gasteiger partial charge in [0.25, 0.3) is 5.22 Å². The number of aliphatic hydroxyl groups is 1. The predicted octanol–water partition coefficient (Wildman–Crippen LogP) is 8.62. The van der Waals surface area contributed by atoms with Gasteiger partial charge in [-0.3, -0.25) is 14.8 Å². The smallest absolute Gasteiger partial charge is 0.256 e. The van der Waals surface area contributed by atoms with E-state index in [1.165, 1.54) is 11.8 Å². The molecule has 3 atom stereocenters. The average molecular weight is 722 g/mol. The van der Waals surface area contributed by atoms with E-state index in [9.17, 15) is 14.7 Å². The Morgan fingerprint density at radius 2 is 1.46 bits per heavy atom. The molecule has 1 aliphatic rings. The molecule has 5 aromatic rings. The minimum absolute atomic E-state index is 0.0369. The number of carbonyl (C=O) groups is 2. The van der Waals surface area contributed by atoms with Crippen LogP contribution >= 0.6 is 11.8 Å². The average Bonchev–Trinajstić information content (AvgIpc) is 3.63. The summed E-state index contributed by atoms with van der Waals surface area (Å²) in [5.74, 6) is 0.786. The van der Waals surface area contributed by atoms with Crippen LogP contribution in [0.5, 0.6) is 0 Å². The molecule has 270 valence electrons. The van der Waals surface area contributed by atoms with Crippen molar-refractivity contribution < 1.29 is 33.8 Å². The number of anilines is 1. The zero-order valence-corrected chi connectivity index (χ0v) is 29.6. The molecule has 4 N–H and O–H groups in total. The lowest BCUT2D eigenvalue weighted by atomic mass is 10.0. The number of oxazole rings is 1. The summed E-state index contributed by atoms with van der Waals surface area (Å²) in [5.41, 5.74) is 7.58. The van der Waals surface area contributed by atoms with Gasteiger partial charge >= 0.3 is 0 Å². The maximum Gasteiger partial charge on any atom is 0.256 e. The number of hydrogen-bond donors (Lipinski definition) is 4. The standard InChI is InChI=1S/C41H43N3O7S/c45-26-28-20-22-29(23-21-28)35-25-34(27-52-41-43-38(30-12-5-3-6-13-30)39(51-41)31-14-7-4-8-15-31)49-40(50-35)32-16-11-17-33(24-32)42-36(46)18-9-1-2-10-19-37(47)44-48/h3-8,11-17,20-24,34-35,40,45,48H,1-2,9-10,18-19,25-27H2,(H,42,46)(H,44,47)/t34-,35+,40+/m0/s1. The molecule has 2 heterocycles. The summed E-state index contributed by atoms with van der Waals surface area (Å²) >= 11 is 1.50. The van der Waals surface area contributed by atoms with E-state index < -0.39 is 12.2 Å². The molecule has 0 unspecified atom stereocenters. The summed E-state index contributed by atoms with van der Waals surface area (Å²) in [6, 6.07) is 35.3. The molecule has 1 saturated heterocycles. The molecule has 0 saturated carbocycles. The maximum atomic E-state index is 12.7. The zero-order chi connectivity index (χ0) is 36.1. The quantitative estimate of drug-likeness (QED) is 0.0341. The first-order valence-corrected chi connectivity index (χ1v) is 18.6. The second-order valence-corrected chi connectivity index (χ2v) is 13.6. The summed E-state index contributed by atoms with van der Waals surface area (Å²) in [5, 5.41) is 21.7. The molecule has 4 aromatic carbocycles. The van der Waals surface area contributed by atoms with Crippen molar-refractivity contribution in [2.75, 3.05) is 11.1 Å². The van der Waals surface area contributed by atoms with Crippen LogP contribution in [-0.2, 0) is 25.7 Å². The number of aliphatic hydroxyl groups excluding tert-OH is 1. The summed E-state index contributed by atoms with van der Waals surface area (Å²) < 4.78 is 19.5. The van der Waals surface area contributed by atoms with Crippen molar-refractivity contribution in [1.82, 2.24) is 10.5 Å². The van der Waals surface area contributed by atoms with Gasteiger partial charge in [-0.2, -0.15) is 0 Å². The summed E-state index contributed by atoms with van der Waals surface area (Å²) in [7, 11) is 0. The van der Waals surface area contributed by atoms with E-state index in [4.69, 9.17) is 24.1 Å². The van der Waals surface area contributed by atoms with E-state index >= 15 is 0 Å². The second-order valence-electron chi connectivity index (χ2n) is 12.7. The molecular weight excluding hydrogens is 679 g/mol. The lowest BCUT2D eigenvalue weighted by Gasteiger charge is -2.36. The van der Waals surface area contributed by atoms with Crippen LogP contribution in [0.25, 0.3) is 22.6 Å². The van der Waals surface area contributed by atoms with Crippen LogP contribution in [0.1, 0.15) is 74.0 Å². The van der Waals surface area contributed by atoms with E-state index in [1.807, 2.05) is 109 Å². The van der Waals surface area contributed by atoms with Crippen molar-refractivity contribution in [3.05, 3.63) is 126 Å². The molecule has 2 amide bonds. The third kappa shape index (κ3) is 10.2. The van der Waals surface area contributed by atoms with Crippen molar-refractivity contribution in [1.29, 1.82) is 0 Å². The molecule has 1 aromatic heterocycles. The number of ether oxygens (including phenoxy) is 2. The summed E-state index contributed by atoms with van der Waals surface area (Å²) in [4.78, 5) is 28.8. The van der Waals surface area contributed by atoms with Gasteiger partial charge in [-0.15, -0.1) is 0 Å². The van der Waals surface area contributed by atoms with Gasteiger partial charge in [-0.25, -0.2) is 10.5 Å². The molecule has 52 heavy (non-hydrogen) atoms. The number of thioether (sulfide) groups is 1. The SMILES string of the molecule is O=C(CCCCCCC(=O)Nc1cccc([C@@H]2O[C@H](CSc3nc(-c4ccccc4)c(-c4ccccc4)o3)C[C@H](c3ccc(CO)cc3)O2)c1)NO. The summed E-state index contributed by atoms with van der Waals surface area (Å²) in [6.07, 6.45) is 2.99. The van der Waals surface area contributed by atoms with Crippen LogP contribution < -0.4 is 10.8 Å². The third-order valence-corrected chi connectivity index (χ3v) is 9.78. The van der Waals surface area contributed by atoms with Gasteiger partial charge in [0.05, 0.1) is 18.8 Å². The monoisotopic (exact) mass is 721 g/mol. The van der Waals surface area contributed by atoms with Crippen molar-refractivity contribution in [3.8, 4) is 22.6 Å². The first-order valence-electron chi connectivity index (χ1n) is 17.6. The molecule has 6 rings (SSSR count). The Morgan fingerprint density at radius 1 is 0.769 bits per heavy atom. The van der Waals surface area contributed by atoms with Crippen molar-refractivity contribution in [2.24, 2.45) is 0 Å². The van der Waals surface area contributed by atoms with Crippen LogP contribution in [0.15, 0.2) is 119 Å². The second kappa shape index (κ2) is 18.6. The van der Waals surface area contributed by atoms with E-state index in [1.54, 1.807) is 5.48 Å². The number of unbranched alkanes of at least 4 members (excludes halogenated alkanes) is 3. The van der Waals surface area contributed by atoms with Crippen LogP contribution in [-0.4, -0.2) is 39.0 Å². The van der Waals surface area contributed by atoms with Crippen LogP contribution in [0.3, 0.4) is 0 Å². The lowest BCUT2D eigenvalue weighted by molar-refractivity contribution is -0.245. The number of aromatic nitrogens is 1. The van der Waals surface area contributed by atoms with Crippen molar-refractivity contribution in [3.63, 3.8) is 0 Å². The molecular formula is C41H43N3O7S. The van der Waals surface area contributed by atoms with Gasteiger partial charge in [0.15, 0.2) is 12.1 Å². The fourth-order valence-corrected chi connectivity index (χ4v) is 6.93. The maximum absolute atomic E-state index is 12.7. The Morgan fingerprint density at radius 3 is 2.15 bits per heavy atom. The minimum Gasteiger partial charge on any atom is -0.431 e. The molecule has 11 heteroatoms. The van der Waals surface area contributed by atoms with Crippen molar-refractivity contribution in [2.45, 2.75) is 75.3 Å². The van der Waals surface area contributed by atoms with Gasteiger partial charge in [-0.1, -0.05) is 122 Å². The number of amides is 2. The van der Waals surface area contributed by atoms with E-state index in [-0.39, 0.29) is 31.1 Å². The normalized spacial score (nSPS) is 17.1. The molecule has 0 radical (unpaired) electrons. The van der Waals surface area contributed by atoms with Gasteiger partial charge in [-0.05, 0) is 36.1 Å². The topological polar surface area (TPSA) is 143 Å². The van der Waals surface area contributed by atoms with Crippen LogP contribution in [0.4, 0.5) is 5.69 Å². The van der Waals surface area contributed by atoms with Crippen LogP contribution in [0.2, 0.25) is 0 Å². The fourth-order valence-electron chi connectivity index (χ4n) is 6.09. The largest absolute Gasteiger partial charge is 0.431 e. The predicted molar refractivity (Wildman–Crippen MR) is 199 cm³/mol. The summed E-state index contributed by atoms with van der Waals surface area (Å²) in [6.45, 7) is -0.0369. The number of benzene rings is 4. The number of nitrogens with zero attached hydrogens (tertiary/aromatic N) is 1. The molecule has 0 aliphatic carbocycles. The number of carbonyl (C=O) groups excluding carboxylic acids is 2. The number of hydroxylamine groups is 1. The Hall–Kier alpha value is -4.78. The van der Waals surface area contributed by atoms with Gasteiger partial charge < -0.3 is 24.3 Å².